The third-order valence-corrected chi connectivity index (χ3v) is 4.55. The maximum Gasteiger partial charge on any atom is 0.147 e. The van der Waals surface area contributed by atoms with E-state index < -0.39 is 9.84 Å². The minimum Gasteiger partial charge on any atom is -0.330 e. The summed E-state index contributed by atoms with van der Waals surface area (Å²) in [5, 5.41) is 0. The summed E-state index contributed by atoms with van der Waals surface area (Å²) in [5.74, 6) is 0.296. The molecule has 90 valence electrons. The predicted octanol–water partition coefficient (Wildman–Crippen LogP) is 1.72. The number of hydrogen-bond donors (Lipinski definition) is 1. The molecule has 0 saturated heterocycles. The van der Waals surface area contributed by atoms with Crippen molar-refractivity contribution in [2.75, 3.05) is 18.6 Å². The molecule has 0 spiro atoms. The predicted molar refractivity (Wildman–Crippen MR) is 63.5 cm³/mol. The molecule has 0 unspecified atom stereocenters. The molecule has 1 saturated carbocycles. The smallest absolute Gasteiger partial charge is 0.147 e. The van der Waals surface area contributed by atoms with E-state index in [4.69, 9.17) is 5.73 Å². The van der Waals surface area contributed by atoms with E-state index in [2.05, 4.69) is 0 Å². The van der Waals surface area contributed by atoms with Gasteiger partial charge in [-0.15, -0.1) is 0 Å². The van der Waals surface area contributed by atoms with E-state index in [1.54, 1.807) is 0 Å². The Morgan fingerprint density at radius 1 is 1.13 bits per heavy atom. The first-order chi connectivity index (χ1) is 6.97. The van der Waals surface area contributed by atoms with Crippen LogP contribution in [-0.2, 0) is 9.84 Å². The molecule has 0 heterocycles. The highest BCUT2D eigenvalue weighted by Gasteiger charge is 2.30. The van der Waals surface area contributed by atoms with Crippen LogP contribution in [0.3, 0.4) is 0 Å². The van der Waals surface area contributed by atoms with Crippen LogP contribution >= 0.6 is 0 Å². The Balaban J connectivity index is 2.58. The molecule has 0 bridgehead atoms. The van der Waals surface area contributed by atoms with Gasteiger partial charge in [0.15, 0.2) is 0 Å². The van der Waals surface area contributed by atoms with Gasteiger partial charge in [-0.05, 0) is 31.2 Å². The fourth-order valence-corrected chi connectivity index (χ4v) is 3.24. The zero-order valence-corrected chi connectivity index (χ0v) is 10.5. The normalized spacial score (nSPS) is 22.3. The van der Waals surface area contributed by atoms with Crippen LogP contribution in [0.5, 0.6) is 0 Å². The highest BCUT2D eigenvalue weighted by atomic mass is 32.2. The molecule has 0 radical (unpaired) electrons. The van der Waals surface area contributed by atoms with E-state index in [9.17, 15) is 8.42 Å². The van der Waals surface area contributed by atoms with Crippen LogP contribution in [0, 0.1) is 5.41 Å². The standard InChI is InChI=1S/C11H23NO2S/c1-15(13,14)9-8-11(10-12)6-4-2-3-5-7-11/h2-10,12H2,1H3. The van der Waals surface area contributed by atoms with Crippen LogP contribution in [-0.4, -0.2) is 27.0 Å². The van der Waals surface area contributed by atoms with Gasteiger partial charge < -0.3 is 5.73 Å². The summed E-state index contributed by atoms with van der Waals surface area (Å²) in [6, 6.07) is 0. The van der Waals surface area contributed by atoms with E-state index in [0.717, 1.165) is 19.3 Å². The van der Waals surface area contributed by atoms with Crippen molar-refractivity contribution in [3.8, 4) is 0 Å². The van der Waals surface area contributed by atoms with Gasteiger partial charge in [-0.2, -0.15) is 0 Å². The minimum absolute atomic E-state index is 0.111. The van der Waals surface area contributed by atoms with Gasteiger partial charge in [-0.25, -0.2) is 8.42 Å². The van der Waals surface area contributed by atoms with Crippen molar-refractivity contribution in [3.63, 3.8) is 0 Å². The lowest BCUT2D eigenvalue weighted by Gasteiger charge is -2.31. The lowest BCUT2D eigenvalue weighted by molar-refractivity contribution is 0.245. The Hall–Kier alpha value is -0.0900. The monoisotopic (exact) mass is 233 g/mol. The number of hydrogen-bond acceptors (Lipinski definition) is 3. The van der Waals surface area contributed by atoms with Crippen molar-refractivity contribution in [2.24, 2.45) is 11.1 Å². The molecule has 3 nitrogen and oxygen atoms in total. The lowest BCUT2D eigenvalue weighted by Crippen LogP contribution is -2.32. The second-order valence-electron chi connectivity index (χ2n) is 5.00. The molecule has 0 aromatic carbocycles. The van der Waals surface area contributed by atoms with Crippen LogP contribution in [0.25, 0.3) is 0 Å². The van der Waals surface area contributed by atoms with Gasteiger partial charge >= 0.3 is 0 Å². The lowest BCUT2D eigenvalue weighted by atomic mass is 9.78. The van der Waals surface area contributed by atoms with Crippen LogP contribution < -0.4 is 5.73 Å². The Kier molecular flexibility index (Phi) is 4.59. The third kappa shape index (κ3) is 4.51. The molecule has 0 aromatic rings. The van der Waals surface area contributed by atoms with Gasteiger partial charge in [0.2, 0.25) is 0 Å². The summed E-state index contributed by atoms with van der Waals surface area (Å²) in [7, 11) is -2.84. The van der Waals surface area contributed by atoms with Crippen LogP contribution in [0.2, 0.25) is 0 Å². The van der Waals surface area contributed by atoms with Gasteiger partial charge in [0.05, 0.1) is 5.75 Å². The van der Waals surface area contributed by atoms with E-state index in [0.29, 0.717) is 12.3 Å². The summed E-state index contributed by atoms with van der Waals surface area (Å²) < 4.78 is 22.4. The first-order valence-electron chi connectivity index (χ1n) is 5.85. The first-order valence-corrected chi connectivity index (χ1v) is 7.91. The molecule has 0 aromatic heterocycles. The second-order valence-corrected chi connectivity index (χ2v) is 7.26. The van der Waals surface area contributed by atoms with Crippen molar-refractivity contribution in [3.05, 3.63) is 0 Å². The largest absolute Gasteiger partial charge is 0.330 e. The average Bonchev–Trinajstić information content (AvgIpc) is 2.40. The number of nitrogens with two attached hydrogens (primary N) is 1. The summed E-state index contributed by atoms with van der Waals surface area (Å²) in [5.41, 5.74) is 5.95. The molecule has 1 rings (SSSR count). The summed E-state index contributed by atoms with van der Waals surface area (Å²) in [6.07, 6.45) is 9.26. The fourth-order valence-electron chi connectivity index (χ4n) is 2.44. The minimum atomic E-state index is -2.84. The van der Waals surface area contributed by atoms with Crippen molar-refractivity contribution < 1.29 is 8.42 Å². The Bertz CT molecular complexity index is 277. The van der Waals surface area contributed by atoms with Gasteiger partial charge in [0.25, 0.3) is 0 Å². The highest BCUT2D eigenvalue weighted by Crippen LogP contribution is 2.37. The molecule has 1 aliphatic rings. The van der Waals surface area contributed by atoms with Gasteiger partial charge in [0.1, 0.15) is 9.84 Å². The molecule has 0 atom stereocenters. The average molecular weight is 233 g/mol. The zero-order chi connectivity index (χ0) is 11.4. The molecule has 2 N–H and O–H groups in total. The quantitative estimate of drug-likeness (QED) is 0.752. The van der Waals surface area contributed by atoms with Crippen LogP contribution in [0.15, 0.2) is 0 Å². The summed E-state index contributed by atoms with van der Waals surface area (Å²) >= 11 is 0. The zero-order valence-electron chi connectivity index (χ0n) is 9.67. The van der Waals surface area contributed by atoms with Crippen molar-refractivity contribution in [1.82, 2.24) is 0 Å². The Morgan fingerprint density at radius 2 is 1.67 bits per heavy atom. The molecule has 4 heteroatoms. The van der Waals surface area contributed by atoms with Crippen molar-refractivity contribution in [1.29, 1.82) is 0 Å². The Morgan fingerprint density at radius 3 is 2.07 bits per heavy atom. The van der Waals surface area contributed by atoms with Gasteiger partial charge in [-0.3, -0.25) is 0 Å². The molecule has 15 heavy (non-hydrogen) atoms. The van der Waals surface area contributed by atoms with E-state index in [1.165, 1.54) is 31.9 Å². The molecular weight excluding hydrogens is 210 g/mol. The number of rotatable bonds is 4. The summed E-state index contributed by atoms with van der Waals surface area (Å²) in [6.45, 7) is 0.641. The van der Waals surface area contributed by atoms with Gasteiger partial charge in [-0.1, -0.05) is 25.7 Å². The third-order valence-electron chi connectivity index (χ3n) is 3.60. The van der Waals surface area contributed by atoms with Gasteiger partial charge in [0, 0.05) is 6.26 Å². The molecule has 0 aliphatic heterocycles. The first kappa shape index (κ1) is 13.0. The molecular formula is C11H23NO2S. The number of sulfone groups is 1. The second kappa shape index (κ2) is 5.30. The Labute approximate surface area is 93.3 Å². The maximum absolute atomic E-state index is 11.2. The van der Waals surface area contributed by atoms with Crippen molar-refractivity contribution in [2.45, 2.75) is 44.9 Å². The van der Waals surface area contributed by atoms with Crippen LogP contribution in [0.1, 0.15) is 44.9 Å². The highest BCUT2D eigenvalue weighted by molar-refractivity contribution is 7.90. The van der Waals surface area contributed by atoms with Crippen molar-refractivity contribution >= 4 is 9.84 Å². The van der Waals surface area contributed by atoms with E-state index in [-0.39, 0.29) is 5.41 Å². The fraction of sp³-hybridized carbons (Fsp3) is 1.00. The molecule has 1 aliphatic carbocycles. The van der Waals surface area contributed by atoms with E-state index in [1.807, 2.05) is 0 Å². The summed E-state index contributed by atoms with van der Waals surface area (Å²) in [4.78, 5) is 0. The topological polar surface area (TPSA) is 60.2 Å². The van der Waals surface area contributed by atoms with E-state index >= 15 is 0 Å². The molecule has 0 amide bonds. The van der Waals surface area contributed by atoms with Crippen LogP contribution in [0.4, 0.5) is 0 Å². The maximum atomic E-state index is 11.2. The SMILES string of the molecule is CS(=O)(=O)CCC1(CN)CCCCCC1. The molecule has 1 fully saturated rings.